The Morgan fingerprint density at radius 1 is 0.818 bits per heavy atom. The highest BCUT2D eigenvalue weighted by Crippen LogP contribution is 2.40. The minimum absolute atomic E-state index is 0.0203. The van der Waals surface area contributed by atoms with Crippen LogP contribution in [0, 0.1) is 0 Å². The number of carboxylic acids is 1. The van der Waals surface area contributed by atoms with E-state index in [1.165, 1.54) is 4.57 Å². The molecule has 0 fully saturated rings. The molecule has 0 spiro atoms. The van der Waals surface area contributed by atoms with E-state index < -0.39 is 11.9 Å². The van der Waals surface area contributed by atoms with Gasteiger partial charge in [-0.05, 0) is 30.3 Å². The number of nitrogens with one attached hydrogen (secondary N) is 1. The van der Waals surface area contributed by atoms with E-state index in [2.05, 4.69) is 5.32 Å². The number of amides is 1. The molecule has 4 aromatic rings. The van der Waals surface area contributed by atoms with Gasteiger partial charge in [-0.25, -0.2) is 0 Å². The fraction of sp³-hybridized carbons (Fsp3) is 0.0769. The van der Waals surface area contributed by atoms with Gasteiger partial charge in [0.1, 0.15) is 0 Å². The van der Waals surface area contributed by atoms with Gasteiger partial charge in [0.25, 0.3) is 11.5 Å². The van der Waals surface area contributed by atoms with Crippen LogP contribution in [0.3, 0.4) is 0 Å². The van der Waals surface area contributed by atoms with Crippen LogP contribution in [-0.2, 0) is 4.79 Å². The summed E-state index contributed by atoms with van der Waals surface area (Å²) < 4.78 is 1.52. The summed E-state index contributed by atoms with van der Waals surface area (Å²) in [7, 11) is 0. The Bertz CT molecular complexity index is 1520. The van der Waals surface area contributed by atoms with Gasteiger partial charge in [-0.3, -0.25) is 23.7 Å². The van der Waals surface area contributed by atoms with Crippen molar-refractivity contribution in [1.82, 2.24) is 9.88 Å². The lowest BCUT2D eigenvalue weighted by Gasteiger charge is -2.15. The predicted molar refractivity (Wildman–Crippen MR) is 123 cm³/mol. The average molecular weight is 438 g/mol. The number of rotatable bonds is 5. The molecule has 33 heavy (non-hydrogen) atoms. The quantitative estimate of drug-likeness (QED) is 0.438. The van der Waals surface area contributed by atoms with Crippen molar-refractivity contribution < 1.29 is 19.5 Å². The summed E-state index contributed by atoms with van der Waals surface area (Å²) in [4.78, 5) is 49.8. The molecule has 2 N–H and O–H groups in total. The number of carbonyl (C=O) groups excluding carboxylic acids is 2. The van der Waals surface area contributed by atoms with Gasteiger partial charge < -0.3 is 10.4 Å². The number of hydrogen-bond donors (Lipinski definition) is 2. The summed E-state index contributed by atoms with van der Waals surface area (Å²) in [6, 6.07) is 20.7. The molecule has 0 saturated heterocycles. The van der Waals surface area contributed by atoms with Crippen LogP contribution in [0.2, 0.25) is 0 Å². The van der Waals surface area contributed by atoms with Crippen molar-refractivity contribution in [3.05, 3.63) is 99.8 Å². The molecule has 7 heteroatoms. The lowest BCUT2D eigenvalue weighted by atomic mass is 10.0. The van der Waals surface area contributed by atoms with Crippen LogP contribution >= 0.6 is 0 Å². The molecule has 3 aromatic carbocycles. The molecule has 0 bridgehead atoms. The molecule has 0 radical (unpaired) electrons. The minimum Gasteiger partial charge on any atom is -0.481 e. The summed E-state index contributed by atoms with van der Waals surface area (Å²) in [5.41, 5.74) is 2.87. The maximum atomic E-state index is 13.5. The molecule has 1 heterocycles. The molecule has 0 unspecified atom stereocenters. The Morgan fingerprint density at radius 2 is 1.45 bits per heavy atom. The predicted octanol–water partition coefficient (Wildman–Crippen LogP) is 3.41. The first-order valence-electron chi connectivity index (χ1n) is 10.4. The van der Waals surface area contributed by atoms with Gasteiger partial charge in [-0.15, -0.1) is 0 Å². The van der Waals surface area contributed by atoms with Gasteiger partial charge in [0, 0.05) is 39.7 Å². The highest BCUT2D eigenvalue weighted by Gasteiger charge is 2.32. The molecular formula is C26H18N2O5. The molecule has 162 valence electrons. The van der Waals surface area contributed by atoms with Gasteiger partial charge in [0.05, 0.1) is 17.7 Å². The number of benzene rings is 3. The summed E-state index contributed by atoms with van der Waals surface area (Å²) in [5.74, 6) is -1.52. The van der Waals surface area contributed by atoms with E-state index in [1.54, 1.807) is 60.7 Å². The number of pyridine rings is 1. The molecule has 5 rings (SSSR count). The zero-order valence-corrected chi connectivity index (χ0v) is 17.4. The Hall–Kier alpha value is -4.52. The lowest BCUT2D eigenvalue weighted by molar-refractivity contribution is -0.136. The monoisotopic (exact) mass is 438 g/mol. The van der Waals surface area contributed by atoms with E-state index in [1.807, 2.05) is 12.1 Å². The van der Waals surface area contributed by atoms with Gasteiger partial charge in [-0.1, -0.05) is 42.5 Å². The van der Waals surface area contributed by atoms with Gasteiger partial charge in [0.15, 0.2) is 5.78 Å². The van der Waals surface area contributed by atoms with Gasteiger partial charge >= 0.3 is 5.97 Å². The van der Waals surface area contributed by atoms with Gasteiger partial charge in [-0.2, -0.15) is 0 Å². The first-order valence-corrected chi connectivity index (χ1v) is 10.4. The summed E-state index contributed by atoms with van der Waals surface area (Å²) in [6.45, 7) is 0.0203. The molecule has 0 aliphatic heterocycles. The second-order valence-corrected chi connectivity index (χ2v) is 7.73. The normalized spacial score (nSPS) is 11.8. The largest absolute Gasteiger partial charge is 0.481 e. The number of fused-ring (bicyclic) bond motifs is 5. The second kappa shape index (κ2) is 7.87. The van der Waals surface area contributed by atoms with E-state index in [9.17, 15) is 19.2 Å². The van der Waals surface area contributed by atoms with Crippen LogP contribution in [-0.4, -0.2) is 33.9 Å². The fourth-order valence-electron chi connectivity index (χ4n) is 4.25. The first kappa shape index (κ1) is 20.4. The molecule has 1 aliphatic carbocycles. The molecule has 1 amide bonds. The van der Waals surface area contributed by atoms with Crippen LogP contribution in [0.1, 0.15) is 32.7 Å². The molecule has 0 atom stereocenters. The number of nitrogens with zero attached hydrogens (tertiary/aromatic N) is 1. The standard InChI is InChI=1S/C26H18N2O5/c29-21(30)13-14-27-25(32)15-9-11-16(12-10-15)28-23-18-6-2-3-7-19(18)24(31)22(23)17-5-1-4-8-20(17)26(28)33/h1-12H,13-14H2,(H,27,32)(H,29,30). The number of ketones is 1. The third kappa shape index (κ3) is 3.30. The van der Waals surface area contributed by atoms with E-state index in [0.717, 1.165) is 0 Å². The maximum Gasteiger partial charge on any atom is 0.305 e. The van der Waals surface area contributed by atoms with Crippen molar-refractivity contribution in [2.45, 2.75) is 6.42 Å². The first-order chi connectivity index (χ1) is 16.0. The van der Waals surface area contributed by atoms with E-state index in [4.69, 9.17) is 5.11 Å². The molecule has 1 aliphatic rings. The van der Waals surface area contributed by atoms with Crippen molar-refractivity contribution in [2.75, 3.05) is 6.54 Å². The zero-order valence-electron chi connectivity index (χ0n) is 17.4. The van der Waals surface area contributed by atoms with Crippen LogP contribution < -0.4 is 10.9 Å². The number of aromatic nitrogens is 1. The fourth-order valence-corrected chi connectivity index (χ4v) is 4.25. The number of carbonyl (C=O) groups is 3. The molecular weight excluding hydrogens is 420 g/mol. The van der Waals surface area contributed by atoms with Gasteiger partial charge in [0.2, 0.25) is 0 Å². The Kier molecular flexibility index (Phi) is 4.86. The Labute approximate surface area is 187 Å². The van der Waals surface area contributed by atoms with Crippen molar-refractivity contribution in [2.24, 2.45) is 0 Å². The SMILES string of the molecule is O=C(O)CCNC(=O)c1ccc(-n2c3c(c4ccccc4c2=O)C(=O)c2ccccc2-3)cc1. The van der Waals surface area contributed by atoms with Crippen molar-refractivity contribution >= 4 is 28.4 Å². The van der Waals surface area contributed by atoms with Crippen LogP contribution in [0.15, 0.2) is 77.6 Å². The number of hydrogen-bond acceptors (Lipinski definition) is 4. The smallest absolute Gasteiger partial charge is 0.305 e. The highest BCUT2D eigenvalue weighted by atomic mass is 16.4. The Balaban J connectivity index is 1.65. The van der Waals surface area contributed by atoms with E-state index >= 15 is 0 Å². The zero-order chi connectivity index (χ0) is 23.1. The van der Waals surface area contributed by atoms with Crippen LogP contribution in [0.25, 0.3) is 27.7 Å². The molecule has 1 aromatic heterocycles. The molecule has 7 nitrogen and oxygen atoms in total. The maximum absolute atomic E-state index is 13.5. The Morgan fingerprint density at radius 3 is 2.15 bits per heavy atom. The summed E-state index contributed by atoms with van der Waals surface area (Å²) in [5, 5.41) is 12.3. The van der Waals surface area contributed by atoms with E-state index in [-0.39, 0.29) is 24.3 Å². The number of carboxylic acid groups (broad SMARTS) is 1. The highest BCUT2D eigenvalue weighted by molar-refractivity contribution is 6.26. The number of aliphatic carboxylic acids is 1. The molecule has 0 saturated carbocycles. The van der Waals surface area contributed by atoms with Crippen LogP contribution in [0.4, 0.5) is 0 Å². The second-order valence-electron chi connectivity index (χ2n) is 7.73. The summed E-state index contributed by atoms with van der Waals surface area (Å²) >= 11 is 0. The van der Waals surface area contributed by atoms with Crippen molar-refractivity contribution in [1.29, 1.82) is 0 Å². The third-order valence-electron chi connectivity index (χ3n) is 5.76. The third-order valence-corrected chi connectivity index (χ3v) is 5.76. The average Bonchev–Trinajstić information content (AvgIpc) is 3.12. The van der Waals surface area contributed by atoms with Crippen molar-refractivity contribution in [3.8, 4) is 16.9 Å². The topological polar surface area (TPSA) is 105 Å². The summed E-state index contributed by atoms with van der Waals surface area (Å²) in [6.07, 6.45) is -0.171. The van der Waals surface area contributed by atoms with Crippen molar-refractivity contribution in [3.63, 3.8) is 0 Å². The lowest BCUT2D eigenvalue weighted by Crippen LogP contribution is -2.26. The minimum atomic E-state index is -0.995. The van der Waals surface area contributed by atoms with E-state index in [0.29, 0.717) is 44.4 Å². The van der Waals surface area contributed by atoms with Crippen LogP contribution in [0.5, 0.6) is 0 Å².